The Morgan fingerprint density at radius 3 is 2.26 bits per heavy atom. The quantitative estimate of drug-likeness (QED) is 0.731. The van der Waals surface area contributed by atoms with Gasteiger partial charge in [0.25, 0.3) is 0 Å². The van der Waals surface area contributed by atoms with Gasteiger partial charge in [0.15, 0.2) is 11.6 Å². The highest BCUT2D eigenvalue weighted by molar-refractivity contribution is 6.31. The summed E-state index contributed by atoms with van der Waals surface area (Å²) >= 11 is 6.08. The minimum atomic E-state index is -0.903. The van der Waals surface area contributed by atoms with Crippen LogP contribution in [0.25, 0.3) is 0 Å². The van der Waals surface area contributed by atoms with Gasteiger partial charge in [0.05, 0.1) is 0 Å². The lowest BCUT2D eigenvalue weighted by Crippen LogP contribution is -2.30. The zero-order valence-electron chi connectivity index (χ0n) is 11.9. The van der Waals surface area contributed by atoms with Crippen LogP contribution in [0.5, 0.6) is 0 Å². The lowest BCUT2D eigenvalue weighted by Gasteiger charge is -2.29. The van der Waals surface area contributed by atoms with Crippen molar-refractivity contribution in [3.8, 4) is 0 Å². The summed E-state index contributed by atoms with van der Waals surface area (Å²) in [6.07, 6.45) is 0.975. The Bertz CT molecular complexity index is 421. The number of benzene rings is 1. The summed E-state index contributed by atoms with van der Waals surface area (Å²) in [4.78, 5) is 0. The minimum Gasteiger partial charge on any atom is -0.310 e. The maximum atomic E-state index is 13.4. The van der Waals surface area contributed by atoms with Crippen LogP contribution in [0.15, 0.2) is 12.1 Å². The van der Waals surface area contributed by atoms with Crippen molar-refractivity contribution in [2.45, 2.75) is 40.2 Å². The van der Waals surface area contributed by atoms with Crippen molar-refractivity contribution in [2.24, 2.45) is 11.8 Å². The highest BCUT2D eigenvalue weighted by Gasteiger charge is 2.24. The van der Waals surface area contributed by atoms with Crippen LogP contribution in [0.2, 0.25) is 5.02 Å². The van der Waals surface area contributed by atoms with E-state index in [1.165, 1.54) is 6.07 Å². The minimum absolute atomic E-state index is 0.0671. The topological polar surface area (TPSA) is 12.0 Å². The molecule has 0 saturated carbocycles. The van der Waals surface area contributed by atoms with Crippen molar-refractivity contribution >= 4 is 11.6 Å². The fraction of sp³-hybridized carbons (Fsp3) is 0.600. The van der Waals surface area contributed by atoms with E-state index in [1.807, 2.05) is 0 Å². The molecule has 0 amide bonds. The van der Waals surface area contributed by atoms with Crippen LogP contribution in [-0.4, -0.2) is 6.54 Å². The van der Waals surface area contributed by atoms with Crippen LogP contribution < -0.4 is 5.32 Å². The largest absolute Gasteiger partial charge is 0.310 e. The van der Waals surface area contributed by atoms with E-state index < -0.39 is 11.6 Å². The maximum Gasteiger partial charge on any atom is 0.160 e. The monoisotopic (exact) mass is 289 g/mol. The Kier molecular flexibility index (Phi) is 6.21. The molecule has 0 fully saturated rings. The molecule has 19 heavy (non-hydrogen) atoms. The number of halogens is 3. The third-order valence-corrected chi connectivity index (χ3v) is 3.89. The molecule has 2 unspecified atom stereocenters. The SMILES string of the molecule is CCCNC(c1cc(F)c(F)cc1Cl)C(C)C(C)C. The van der Waals surface area contributed by atoms with Crippen LogP contribution >= 0.6 is 11.6 Å². The number of nitrogens with one attached hydrogen (secondary N) is 1. The van der Waals surface area contributed by atoms with Crippen LogP contribution in [0.4, 0.5) is 8.78 Å². The standard InChI is InChI=1S/C15H22ClF2N/c1-5-6-19-15(10(4)9(2)3)11-7-13(17)14(18)8-12(11)16/h7-10,15,19H,5-6H2,1-4H3. The number of hydrogen-bond donors (Lipinski definition) is 1. The van der Waals surface area contributed by atoms with Gasteiger partial charge in [-0.05, 0) is 42.5 Å². The van der Waals surface area contributed by atoms with E-state index >= 15 is 0 Å². The molecule has 0 saturated heterocycles. The normalized spacial score (nSPS) is 14.7. The molecule has 0 aliphatic carbocycles. The first-order valence-corrected chi connectivity index (χ1v) is 7.14. The molecule has 0 heterocycles. The Morgan fingerprint density at radius 2 is 1.74 bits per heavy atom. The first-order valence-electron chi connectivity index (χ1n) is 6.76. The predicted octanol–water partition coefficient (Wildman–Crippen LogP) is 4.95. The summed E-state index contributed by atoms with van der Waals surface area (Å²) in [5, 5.41) is 3.66. The average molecular weight is 290 g/mol. The van der Waals surface area contributed by atoms with E-state index in [0.717, 1.165) is 19.0 Å². The van der Waals surface area contributed by atoms with Gasteiger partial charge in [-0.3, -0.25) is 0 Å². The van der Waals surface area contributed by atoms with Crippen LogP contribution in [0.1, 0.15) is 45.7 Å². The fourth-order valence-corrected chi connectivity index (χ4v) is 2.31. The molecule has 1 rings (SSSR count). The number of rotatable bonds is 6. The highest BCUT2D eigenvalue weighted by Crippen LogP contribution is 2.33. The van der Waals surface area contributed by atoms with E-state index in [-0.39, 0.29) is 17.0 Å². The van der Waals surface area contributed by atoms with Crippen molar-refractivity contribution < 1.29 is 8.78 Å². The van der Waals surface area contributed by atoms with E-state index in [4.69, 9.17) is 11.6 Å². The van der Waals surface area contributed by atoms with E-state index in [1.54, 1.807) is 0 Å². The van der Waals surface area contributed by atoms with Gasteiger partial charge in [0, 0.05) is 11.1 Å². The Balaban J connectivity index is 3.13. The molecule has 1 aromatic carbocycles. The molecule has 2 atom stereocenters. The average Bonchev–Trinajstić information content (AvgIpc) is 2.35. The van der Waals surface area contributed by atoms with Crippen LogP contribution in [0, 0.1) is 23.5 Å². The van der Waals surface area contributed by atoms with Crippen molar-refractivity contribution in [1.29, 1.82) is 0 Å². The summed E-state index contributed by atoms with van der Waals surface area (Å²) in [7, 11) is 0. The summed E-state index contributed by atoms with van der Waals surface area (Å²) in [5.74, 6) is -1.06. The van der Waals surface area contributed by atoms with Gasteiger partial charge >= 0.3 is 0 Å². The van der Waals surface area contributed by atoms with Gasteiger partial charge in [0.1, 0.15) is 0 Å². The Hall–Kier alpha value is -0.670. The summed E-state index contributed by atoms with van der Waals surface area (Å²) < 4.78 is 26.6. The zero-order valence-corrected chi connectivity index (χ0v) is 12.7. The summed E-state index contributed by atoms with van der Waals surface area (Å²) in [6, 6.07) is 2.20. The van der Waals surface area contributed by atoms with E-state index in [2.05, 4.69) is 33.0 Å². The third-order valence-electron chi connectivity index (χ3n) is 3.57. The second-order valence-corrected chi connectivity index (χ2v) is 5.73. The maximum absolute atomic E-state index is 13.4. The molecule has 4 heteroatoms. The van der Waals surface area contributed by atoms with E-state index in [9.17, 15) is 8.78 Å². The third kappa shape index (κ3) is 4.15. The van der Waals surface area contributed by atoms with Crippen LogP contribution in [0.3, 0.4) is 0 Å². The molecular weight excluding hydrogens is 268 g/mol. The smallest absolute Gasteiger partial charge is 0.160 e. The van der Waals surface area contributed by atoms with E-state index in [0.29, 0.717) is 11.5 Å². The Morgan fingerprint density at radius 1 is 1.16 bits per heavy atom. The van der Waals surface area contributed by atoms with Crippen molar-refractivity contribution in [3.63, 3.8) is 0 Å². The van der Waals surface area contributed by atoms with Crippen LogP contribution in [-0.2, 0) is 0 Å². The van der Waals surface area contributed by atoms with Crippen molar-refractivity contribution in [1.82, 2.24) is 5.32 Å². The predicted molar refractivity (Wildman–Crippen MR) is 76.4 cm³/mol. The molecule has 1 aromatic rings. The molecule has 1 nitrogen and oxygen atoms in total. The second-order valence-electron chi connectivity index (χ2n) is 5.32. The molecule has 1 N–H and O–H groups in total. The molecule has 108 valence electrons. The molecule has 0 spiro atoms. The van der Waals surface area contributed by atoms with Gasteiger partial charge < -0.3 is 5.32 Å². The van der Waals surface area contributed by atoms with Crippen molar-refractivity contribution in [3.05, 3.63) is 34.4 Å². The molecule has 0 aromatic heterocycles. The second kappa shape index (κ2) is 7.20. The van der Waals surface area contributed by atoms with Gasteiger partial charge in [-0.2, -0.15) is 0 Å². The first kappa shape index (κ1) is 16.4. The summed E-state index contributed by atoms with van der Waals surface area (Å²) in [6.45, 7) is 9.20. The van der Waals surface area contributed by atoms with Gasteiger partial charge in [0.2, 0.25) is 0 Å². The lowest BCUT2D eigenvalue weighted by molar-refractivity contribution is 0.303. The molecule has 0 aliphatic rings. The number of hydrogen-bond acceptors (Lipinski definition) is 1. The Labute approximate surface area is 119 Å². The van der Waals surface area contributed by atoms with Gasteiger partial charge in [-0.15, -0.1) is 0 Å². The van der Waals surface area contributed by atoms with Gasteiger partial charge in [-0.1, -0.05) is 39.3 Å². The molecule has 0 radical (unpaired) electrons. The fourth-order valence-electron chi connectivity index (χ4n) is 2.04. The molecular formula is C15H22ClF2N. The lowest BCUT2D eigenvalue weighted by atomic mass is 9.86. The zero-order chi connectivity index (χ0) is 14.6. The molecule has 0 bridgehead atoms. The van der Waals surface area contributed by atoms with Gasteiger partial charge in [-0.25, -0.2) is 8.78 Å². The first-order chi connectivity index (χ1) is 8.88. The highest BCUT2D eigenvalue weighted by atomic mass is 35.5. The van der Waals surface area contributed by atoms with Crippen molar-refractivity contribution in [2.75, 3.05) is 6.54 Å². The summed E-state index contributed by atoms with van der Waals surface area (Å²) in [5.41, 5.74) is 0.634. The molecule has 0 aliphatic heterocycles.